The number of nitrogens with one attached hydrogen (secondary N) is 1. The monoisotopic (exact) mass is 248 g/mol. The zero-order valence-corrected chi connectivity index (χ0v) is 10.5. The van der Waals surface area contributed by atoms with Gasteiger partial charge in [0, 0.05) is 12.1 Å². The van der Waals surface area contributed by atoms with Crippen LogP contribution < -0.4 is 11.1 Å². The Morgan fingerprint density at radius 3 is 2.78 bits per heavy atom. The van der Waals surface area contributed by atoms with Crippen LogP contribution in [-0.2, 0) is 11.3 Å². The molecule has 3 N–H and O–H groups in total. The summed E-state index contributed by atoms with van der Waals surface area (Å²) < 4.78 is 0. The summed E-state index contributed by atoms with van der Waals surface area (Å²) in [6, 6.07) is 1.81. The van der Waals surface area contributed by atoms with Crippen LogP contribution in [0.25, 0.3) is 0 Å². The van der Waals surface area contributed by atoms with Gasteiger partial charge in [0.2, 0.25) is 5.91 Å². The summed E-state index contributed by atoms with van der Waals surface area (Å²) in [6.07, 6.45) is 7.23. The Bertz CT molecular complexity index is 374. The molecule has 0 unspecified atom stereocenters. The Hall–Kier alpha value is -1.49. The fourth-order valence-electron chi connectivity index (χ4n) is 2.41. The highest BCUT2D eigenvalue weighted by atomic mass is 16.1. The SMILES string of the molecule is NCC1CCC(C(=O)NCc2ccncn2)CC1. The molecule has 1 aromatic heterocycles. The number of carbonyl (C=O) groups excluding carboxylic acids is 1. The van der Waals surface area contributed by atoms with E-state index in [0.717, 1.165) is 37.9 Å². The fourth-order valence-corrected chi connectivity index (χ4v) is 2.41. The molecule has 0 aliphatic heterocycles. The molecule has 0 saturated heterocycles. The predicted octanol–water partition coefficient (Wildman–Crippen LogP) is 0.858. The first-order valence-corrected chi connectivity index (χ1v) is 6.52. The largest absolute Gasteiger partial charge is 0.350 e. The molecule has 1 fully saturated rings. The normalized spacial score (nSPS) is 23.6. The molecule has 0 atom stereocenters. The number of carbonyl (C=O) groups is 1. The molecule has 0 aromatic carbocycles. The Morgan fingerprint density at radius 2 is 2.17 bits per heavy atom. The van der Waals surface area contributed by atoms with Gasteiger partial charge in [-0.1, -0.05) is 0 Å². The molecule has 18 heavy (non-hydrogen) atoms. The van der Waals surface area contributed by atoms with Crippen molar-refractivity contribution in [1.29, 1.82) is 0 Å². The van der Waals surface area contributed by atoms with Crippen LogP contribution in [0.15, 0.2) is 18.6 Å². The summed E-state index contributed by atoms with van der Waals surface area (Å²) in [4.78, 5) is 19.9. The zero-order chi connectivity index (χ0) is 12.8. The van der Waals surface area contributed by atoms with Crippen LogP contribution >= 0.6 is 0 Å². The maximum Gasteiger partial charge on any atom is 0.223 e. The fraction of sp³-hybridized carbons (Fsp3) is 0.615. The first kappa shape index (κ1) is 13.0. The quantitative estimate of drug-likeness (QED) is 0.828. The second-order valence-corrected chi connectivity index (χ2v) is 4.87. The molecule has 1 amide bonds. The third-order valence-corrected chi connectivity index (χ3v) is 3.64. The highest BCUT2D eigenvalue weighted by Crippen LogP contribution is 2.28. The number of hydrogen-bond donors (Lipinski definition) is 2. The molecule has 1 aromatic rings. The van der Waals surface area contributed by atoms with Crippen LogP contribution in [0.4, 0.5) is 0 Å². The van der Waals surface area contributed by atoms with Gasteiger partial charge >= 0.3 is 0 Å². The van der Waals surface area contributed by atoms with Crippen molar-refractivity contribution in [1.82, 2.24) is 15.3 Å². The van der Waals surface area contributed by atoms with E-state index in [4.69, 9.17) is 5.73 Å². The Balaban J connectivity index is 1.75. The van der Waals surface area contributed by atoms with E-state index < -0.39 is 0 Å². The molecule has 0 radical (unpaired) electrons. The first-order chi connectivity index (χ1) is 8.79. The first-order valence-electron chi connectivity index (χ1n) is 6.52. The Morgan fingerprint density at radius 1 is 1.39 bits per heavy atom. The van der Waals surface area contributed by atoms with Crippen LogP contribution in [0.3, 0.4) is 0 Å². The minimum atomic E-state index is 0.143. The second kappa shape index (κ2) is 6.44. The number of aromatic nitrogens is 2. The predicted molar refractivity (Wildman–Crippen MR) is 68.4 cm³/mol. The lowest BCUT2D eigenvalue weighted by Gasteiger charge is -2.26. The molecule has 1 heterocycles. The molecule has 1 saturated carbocycles. The molecule has 98 valence electrons. The topological polar surface area (TPSA) is 80.9 Å². The van der Waals surface area contributed by atoms with Crippen molar-refractivity contribution in [2.24, 2.45) is 17.6 Å². The molecule has 1 aliphatic carbocycles. The highest BCUT2D eigenvalue weighted by Gasteiger charge is 2.25. The molecule has 2 rings (SSSR count). The minimum Gasteiger partial charge on any atom is -0.350 e. The van der Waals surface area contributed by atoms with Gasteiger partial charge in [0.1, 0.15) is 6.33 Å². The number of nitrogens with zero attached hydrogens (tertiary/aromatic N) is 2. The van der Waals surface area contributed by atoms with Crippen molar-refractivity contribution in [2.45, 2.75) is 32.2 Å². The lowest BCUT2D eigenvalue weighted by molar-refractivity contribution is -0.126. The third-order valence-electron chi connectivity index (χ3n) is 3.64. The standard InChI is InChI=1S/C13H20N4O/c14-7-10-1-3-11(4-2-10)13(18)16-8-12-5-6-15-9-17-12/h5-6,9-11H,1-4,7-8,14H2,(H,16,18). The zero-order valence-electron chi connectivity index (χ0n) is 10.5. The van der Waals surface area contributed by atoms with E-state index in [1.54, 1.807) is 6.20 Å². The van der Waals surface area contributed by atoms with Crippen molar-refractivity contribution in [3.05, 3.63) is 24.3 Å². The van der Waals surface area contributed by atoms with Crippen molar-refractivity contribution < 1.29 is 4.79 Å². The van der Waals surface area contributed by atoms with E-state index in [0.29, 0.717) is 12.5 Å². The van der Waals surface area contributed by atoms with E-state index in [9.17, 15) is 4.79 Å². The molecular weight excluding hydrogens is 228 g/mol. The Kier molecular flexibility index (Phi) is 4.64. The summed E-state index contributed by atoms with van der Waals surface area (Å²) >= 11 is 0. The molecule has 0 bridgehead atoms. The maximum atomic E-state index is 12.0. The number of amides is 1. The molecule has 0 spiro atoms. The van der Waals surface area contributed by atoms with Gasteiger partial charge in [-0.2, -0.15) is 0 Å². The highest BCUT2D eigenvalue weighted by molar-refractivity contribution is 5.78. The number of hydrogen-bond acceptors (Lipinski definition) is 4. The lowest BCUT2D eigenvalue weighted by Crippen LogP contribution is -2.34. The minimum absolute atomic E-state index is 0.143. The number of nitrogens with two attached hydrogens (primary N) is 1. The van der Waals surface area contributed by atoms with Crippen molar-refractivity contribution in [3.8, 4) is 0 Å². The van der Waals surface area contributed by atoms with Gasteiger partial charge < -0.3 is 11.1 Å². The molecule has 5 nitrogen and oxygen atoms in total. The molecule has 1 aliphatic rings. The van der Waals surface area contributed by atoms with E-state index in [1.807, 2.05) is 6.07 Å². The second-order valence-electron chi connectivity index (χ2n) is 4.87. The Labute approximate surface area is 107 Å². The summed E-state index contributed by atoms with van der Waals surface area (Å²) in [5.41, 5.74) is 6.49. The average Bonchev–Trinajstić information content (AvgIpc) is 2.46. The maximum absolute atomic E-state index is 12.0. The van der Waals surface area contributed by atoms with Crippen LogP contribution in [0.1, 0.15) is 31.4 Å². The van der Waals surface area contributed by atoms with Gasteiger partial charge in [0.15, 0.2) is 0 Å². The van der Waals surface area contributed by atoms with Crippen LogP contribution in [0, 0.1) is 11.8 Å². The smallest absolute Gasteiger partial charge is 0.223 e. The molecule has 5 heteroatoms. The van der Waals surface area contributed by atoms with E-state index in [1.165, 1.54) is 6.33 Å². The van der Waals surface area contributed by atoms with Crippen LogP contribution in [0.5, 0.6) is 0 Å². The lowest BCUT2D eigenvalue weighted by atomic mass is 9.81. The summed E-state index contributed by atoms with van der Waals surface area (Å²) in [5.74, 6) is 0.898. The summed E-state index contributed by atoms with van der Waals surface area (Å²) in [6.45, 7) is 1.23. The van der Waals surface area contributed by atoms with Crippen molar-refractivity contribution in [3.63, 3.8) is 0 Å². The molecular formula is C13H20N4O. The average molecular weight is 248 g/mol. The number of rotatable bonds is 4. The van der Waals surface area contributed by atoms with Gasteiger partial charge in [-0.05, 0) is 44.2 Å². The van der Waals surface area contributed by atoms with E-state index in [2.05, 4.69) is 15.3 Å². The summed E-state index contributed by atoms with van der Waals surface area (Å²) in [7, 11) is 0. The van der Waals surface area contributed by atoms with Crippen molar-refractivity contribution in [2.75, 3.05) is 6.54 Å². The van der Waals surface area contributed by atoms with Gasteiger partial charge in [-0.3, -0.25) is 4.79 Å². The van der Waals surface area contributed by atoms with E-state index >= 15 is 0 Å². The van der Waals surface area contributed by atoms with Gasteiger partial charge in [0.05, 0.1) is 12.2 Å². The third kappa shape index (κ3) is 3.50. The van der Waals surface area contributed by atoms with Crippen LogP contribution in [-0.4, -0.2) is 22.4 Å². The van der Waals surface area contributed by atoms with E-state index in [-0.39, 0.29) is 11.8 Å². The van der Waals surface area contributed by atoms with Crippen LogP contribution in [0.2, 0.25) is 0 Å². The summed E-state index contributed by atoms with van der Waals surface area (Å²) in [5, 5.41) is 2.94. The van der Waals surface area contributed by atoms with Gasteiger partial charge in [-0.15, -0.1) is 0 Å². The van der Waals surface area contributed by atoms with Gasteiger partial charge in [-0.25, -0.2) is 9.97 Å². The van der Waals surface area contributed by atoms with Crippen molar-refractivity contribution >= 4 is 5.91 Å². The van der Waals surface area contributed by atoms with Gasteiger partial charge in [0.25, 0.3) is 0 Å².